The summed E-state index contributed by atoms with van der Waals surface area (Å²) in [6.45, 7) is 0. The lowest BCUT2D eigenvalue weighted by molar-refractivity contribution is 0.120. The van der Waals surface area contributed by atoms with E-state index in [9.17, 15) is 4.79 Å². The van der Waals surface area contributed by atoms with Crippen LogP contribution in [0.25, 0.3) is 11.0 Å². The highest BCUT2D eigenvalue weighted by Crippen LogP contribution is 2.29. The summed E-state index contributed by atoms with van der Waals surface area (Å²) in [6, 6.07) is 1.81. The van der Waals surface area contributed by atoms with E-state index >= 15 is 0 Å². The van der Waals surface area contributed by atoms with E-state index in [4.69, 9.17) is 9.84 Å². The van der Waals surface area contributed by atoms with Gasteiger partial charge < -0.3 is 14.8 Å². The van der Waals surface area contributed by atoms with Crippen LogP contribution in [0.15, 0.2) is 18.5 Å². The van der Waals surface area contributed by atoms with Gasteiger partial charge in [0.2, 0.25) is 0 Å². The Bertz CT molecular complexity index is 589. The van der Waals surface area contributed by atoms with E-state index in [-0.39, 0.29) is 6.10 Å². The number of hydrogen-bond acceptors (Lipinski definition) is 3. The first-order chi connectivity index (χ1) is 8.72. The third-order valence-electron chi connectivity index (χ3n) is 3.10. The van der Waals surface area contributed by atoms with Crippen LogP contribution in [-0.2, 0) is 0 Å². The summed E-state index contributed by atoms with van der Waals surface area (Å²) >= 11 is 0. The van der Waals surface area contributed by atoms with Gasteiger partial charge in [0, 0.05) is 11.6 Å². The molecule has 1 saturated carbocycles. The smallest absolute Gasteiger partial charge is 0.409 e. The Morgan fingerprint density at radius 1 is 1.56 bits per heavy atom. The zero-order chi connectivity index (χ0) is 12.5. The van der Waals surface area contributed by atoms with Crippen molar-refractivity contribution in [3.05, 3.63) is 18.5 Å². The average Bonchev–Trinajstić information content (AvgIpc) is 2.66. The maximum absolute atomic E-state index is 10.7. The molecule has 18 heavy (non-hydrogen) atoms. The molecule has 3 rings (SSSR count). The predicted molar refractivity (Wildman–Crippen MR) is 66.0 cm³/mol. The fourth-order valence-corrected chi connectivity index (χ4v) is 1.95. The molecule has 6 nitrogen and oxygen atoms in total. The van der Waals surface area contributed by atoms with E-state index in [0.717, 1.165) is 12.8 Å². The molecule has 6 heteroatoms. The monoisotopic (exact) mass is 247 g/mol. The van der Waals surface area contributed by atoms with Crippen LogP contribution in [0.2, 0.25) is 0 Å². The molecule has 1 aliphatic rings. The summed E-state index contributed by atoms with van der Waals surface area (Å²) < 4.78 is 5.74. The second-order valence-corrected chi connectivity index (χ2v) is 4.37. The number of rotatable bonds is 3. The van der Waals surface area contributed by atoms with Gasteiger partial charge in [-0.2, -0.15) is 0 Å². The number of ether oxygens (including phenoxy) is 1. The van der Waals surface area contributed by atoms with E-state index in [1.807, 2.05) is 6.07 Å². The highest BCUT2D eigenvalue weighted by molar-refractivity contribution is 5.97. The lowest BCUT2D eigenvalue weighted by atomic mass is 9.96. The molecular formula is C12H13N3O3. The van der Waals surface area contributed by atoms with Crippen molar-refractivity contribution in [2.45, 2.75) is 25.4 Å². The third-order valence-corrected chi connectivity index (χ3v) is 3.10. The second kappa shape index (κ2) is 4.21. The van der Waals surface area contributed by atoms with Crippen LogP contribution in [0.3, 0.4) is 0 Å². The van der Waals surface area contributed by atoms with E-state index in [1.54, 1.807) is 12.4 Å². The minimum atomic E-state index is -1.10. The molecule has 3 N–H and O–H groups in total. The first kappa shape index (κ1) is 10.9. The summed E-state index contributed by atoms with van der Waals surface area (Å²) in [4.78, 5) is 17.8. The normalized spacial score (nSPS) is 15.3. The molecule has 1 amide bonds. The van der Waals surface area contributed by atoms with Gasteiger partial charge in [-0.1, -0.05) is 0 Å². The molecule has 0 saturated heterocycles. The molecule has 2 heterocycles. The molecule has 1 aliphatic carbocycles. The van der Waals surface area contributed by atoms with Gasteiger partial charge in [-0.25, -0.2) is 9.78 Å². The van der Waals surface area contributed by atoms with Crippen LogP contribution >= 0.6 is 0 Å². The number of aromatic nitrogens is 2. The SMILES string of the molecule is O=C(O)Nc1c[nH]c2ncc(OC3CCC3)cc12. The number of aromatic amines is 1. The van der Waals surface area contributed by atoms with E-state index in [0.29, 0.717) is 22.5 Å². The number of nitrogens with zero attached hydrogens (tertiary/aromatic N) is 1. The van der Waals surface area contributed by atoms with E-state index in [1.165, 1.54) is 6.42 Å². The maximum Gasteiger partial charge on any atom is 0.409 e. The molecule has 0 aliphatic heterocycles. The zero-order valence-corrected chi connectivity index (χ0v) is 9.64. The van der Waals surface area contributed by atoms with Crippen LogP contribution in [-0.4, -0.2) is 27.3 Å². The molecule has 0 radical (unpaired) electrons. The number of carbonyl (C=O) groups is 1. The summed E-state index contributed by atoms with van der Waals surface area (Å²) in [5.74, 6) is 0.681. The summed E-state index contributed by atoms with van der Waals surface area (Å²) in [7, 11) is 0. The molecule has 0 bridgehead atoms. The van der Waals surface area contributed by atoms with Crippen LogP contribution in [0.1, 0.15) is 19.3 Å². The average molecular weight is 247 g/mol. The highest BCUT2D eigenvalue weighted by Gasteiger charge is 2.19. The van der Waals surface area contributed by atoms with Crippen molar-refractivity contribution < 1.29 is 14.6 Å². The molecule has 0 spiro atoms. The van der Waals surface area contributed by atoms with Gasteiger partial charge >= 0.3 is 6.09 Å². The molecule has 1 fully saturated rings. The first-order valence-electron chi connectivity index (χ1n) is 5.86. The maximum atomic E-state index is 10.7. The molecule has 0 aromatic carbocycles. The van der Waals surface area contributed by atoms with Crippen molar-refractivity contribution in [3.8, 4) is 5.75 Å². The molecule has 2 aromatic rings. The van der Waals surface area contributed by atoms with Gasteiger partial charge in [-0.15, -0.1) is 0 Å². The minimum absolute atomic E-state index is 0.277. The minimum Gasteiger partial charge on any atom is -0.489 e. The van der Waals surface area contributed by atoms with E-state index < -0.39 is 6.09 Å². The number of H-pyrrole nitrogens is 1. The lowest BCUT2D eigenvalue weighted by Crippen LogP contribution is -2.24. The lowest BCUT2D eigenvalue weighted by Gasteiger charge is -2.26. The second-order valence-electron chi connectivity index (χ2n) is 4.37. The highest BCUT2D eigenvalue weighted by atomic mass is 16.5. The van der Waals surface area contributed by atoms with Crippen LogP contribution in [0.4, 0.5) is 10.5 Å². The van der Waals surface area contributed by atoms with Crippen LogP contribution in [0, 0.1) is 0 Å². The predicted octanol–water partition coefficient (Wildman–Crippen LogP) is 2.58. The molecule has 2 aromatic heterocycles. The molecular weight excluding hydrogens is 234 g/mol. The third kappa shape index (κ3) is 1.97. The summed E-state index contributed by atoms with van der Waals surface area (Å²) in [5, 5.41) is 11.8. The fraction of sp³-hybridized carbons (Fsp3) is 0.333. The van der Waals surface area contributed by atoms with E-state index in [2.05, 4.69) is 15.3 Å². The standard InChI is InChI=1S/C12H13N3O3/c16-12(17)15-10-6-14-11-9(10)4-8(5-13-11)18-7-2-1-3-7/h4-7,15H,1-3H2,(H,13,14)(H,16,17). The van der Waals surface area contributed by atoms with Gasteiger partial charge in [0.25, 0.3) is 0 Å². The quantitative estimate of drug-likeness (QED) is 0.777. The number of nitrogens with one attached hydrogen (secondary N) is 2. The van der Waals surface area contributed by atoms with Crippen molar-refractivity contribution in [3.63, 3.8) is 0 Å². The zero-order valence-electron chi connectivity index (χ0n) is 9.64. The Balaban J connectivity index is 1.90. The summed E-state index contributed by atoms with van der Waals surface area (Å²) in [6.07, 6.45) is 5.77. The number of hydrogen-bond donors (Lipinski definition) is 3. The number of carboxylic acid groups (broad SMARTS) is 1. The van der Waals surface area contributed by atoms with Crippen LogP contribution in [0.5, 0.6) is 5.75 Å². The Hall–Kier alpha value is -2.24. The van der Waals surface area contributed by atoms with Gasteiger partial charge in [-0.3, -0.25) is 5.32 Å². The van der Waals surface area contributed by atoms with Crippen molar-refractivity contribution in [2.75, 3.05) is 5.32 Å². The topological polar surface area (TPSA) is 87.2 Å². The van der Waals surface area contributed by atoms with Gasteiger partial charge in [0.1, 0.15) is 11.4 Å². The number of amides is 1. The Labute approximate surface area is 103 Å². The Morgan fingerprint density at radius 2 is 2.39 bits per heavy atom. The van der Waals surface area contributed by atoms with Crippen LogP contribution < -0.4 is 10.1 Å². The van der Waals surface area contributed by atoms with Gasteiger partial charge in [0.15, 0.2) is 0 Å². The number of anilines is 1. The Morgan fingerprint density at radius 3 is 3.06 bits per heavy atom. The molecule has 0 atom stereocenters. The van der Waals surface area contributed by atoms with Crippen molar-refractivity contribution in [1.29, 1.82) is 0 Å². The van der Waals surface area contributed by atoms with Gasteiger partial charge in [0.05, 0.1) is 18.0 Å². The number of fused-ring (bicyclic) bond motifs is 1. The van der Waals surface area contributed by atoms with Crippen molar-refractivity contribution in [1.82, 2.24) is 9.97 Å². The fourth-order valence-electron chi connectivity index (χ4n) is 1.95. The largest absolute Gasteiger partial charge is 0.489 e. The van der Waals surface area contributed by atoms with Crippen molar-refractivity contribution in [2.24, 2.45) is 0 Å². The molecule has 0 unspecified atom stereocenters. The Kier molecular flexibility index (Phi) is 2.55. The van der Waals surface area contributed by atoms with Crippen molar-refractivity contribution >= 4 is 22.8 Å². The first-order valence-corrected chi connectivity index (χ1v) is 5.86. The number of pyridine rings is 1. The summed E-state index contributed by atoms with van der Waals surface area (Å²) in [5.41, 5.74) is 1.13. The van der Waals surface area contributed by atoms with Gasteiger partial charge in [-0.05, 0) is 25.3 Å². The molecule has 94 valence electrons.